The predicted octanol–water partition coefficient (Wildman–Crippen LogP) is 0.901. The number of carbonyl (C=O) groups is 2. The minimum Gasteiger partial charge on any atom is -0.480 e. The highest BCUT2D eigenvalue weighted by molar-refractivity contribution is 5.80. The van der Waals surface area contributed by atoms with Crippen molar-refractivity contribution in [2.75, 3.05) is 13.1 Å². The van der Waals surface area contributed by atoms with E-state index in [-0.39, 0.29) is 18.6 Å². The molecule has 0 saturated heterocycles. The van der Waals surface area contributed by atoms with Crippen LogP contribution in [-0.4, -0.2) is 41.1 Å². The molecule has 0 unspecified atom stereocenters. The SMILES string of the molecule is CCN(CC(=O)O)C(=O)NC1CC(C)C1. The summed E-state index contributed by atoms with van der Waals surface area (Å²) in [5.41, 5.74) is 0. The van der Waals surface area contributed by atoms with Gasteiger partial charge in [0.25, 0.3) is 0 Å². The number of amides is 2. The van der Waals surface area contributed by atoms with E-state index in [1.807, 2.05) is 0 Å². The van der Waals surface area contributed by atoms with Gasteiger partial charge in [0.05, 0.1) is 0 Å². The number of aliphatic carboxylic acids is 1. The van der Waals surface area contributed by atoms with Gasteiger partial charge < -0.3 is 15.3 Å². The molecule has 0 heterocycles. The summed E-state index contributed by atoms with van der Waals surface area (Å²) in [7, 11) is 0. The van der Waals surface area contributed by atoms with Crippen LogP contribution in [0, 0.1) is 5.92 Å². The van der Waals surface area contributed by atoms with E-state index in [4.69, 9.17) is 5.11 Å². The van der Waals surface area contributed by atoms with Gasteiger partial charge in [0.15, 0.2) is 0 Å². The molecule has 0 atom stereocenters. The first-order valence-electron chi connectivity index (χ1n) is 5.30. The van der Waals surface area contributed by atoms with Gasteiger partial charge in [0.2, 0.25) is 0 Å². The number of carbonyl (C=O) groups excluding carboxylic acids is 1. The van der Waals surface area contributed by atoms with Crippen molar-refractivity contribution in [2.45, 2.75) is 32.7 Å². The standard InChI is InChI=1S/C10H18N2O3/c1-3-12(6-9(13)14)10(15)11-8-4-7(2)5-8/h7-8H,3-6H2,1-2H3,(H,11,15)(H,13,14). The Kier molecular flexibility index (Phi) is 3.94. The Balaban J connectivity index is 2.33. The fourth-order valence-electron chi connectivity index (χ4n) is 1.78. The van der Waals surface area contributed by atoms with Crippen LogP contribution in [0.15, 0.2) is 0 Å². The largest absolute Gasteiger partial charge is 0.480 e. The van der Waals surface area contributed by atoms with Gasteiger partial charge in [-0.15, -0.1) is 0 Å². The first kappa shape index (κ1) is 11.8. The number of carboxylic acid groups (broad SMARTS) is 1. The summed E-state index contributed by atoms with van der Waals surface area (Å²) < 4.78 is 0. The van der Waals surface area contributed by atoms with E-state index in [1.165, 1.54) is 4.90 Å². The van der Waals surface area contributed by atoms with Crippen LogP contribution < -0.4 is 5.32 Å². The highest BCUT2D eigenvalue weighted by atomic mass is 16.4. The van der Waals surface area contributed by atoms with Crippen molar-refractivity contribution in [1.29, 1.82) is 0 Å². The van der Waals surface area contributed by atoms with Crippen LogP contribution in [0.2, 0.25) is 0 Å². The van der Waals surface area contributed by atoms with Gasteiger partial charge >= 0.3 is 12.0 Å². The van der Waals surface area contributed by atoms with Crippen LogP contribution in [0.4, 0.5) is 4.79 Å². The normalized spacial score (nSPS) is 24.1. The number of nitrogens with one attached hydrogen (secondary N) is 1. The molecule has 86 valence electrons. The number of hydrogen-bond donors (Lipinski definition) is 2. The maximum absolute atomic E-state index is 11.6. The zero-order valence-electron chi connectivity index (χ0n) is 9.19. The van der Waals surface area contributed by atoms with Gasteiger partial charge in [-0.2, -0.15) is 0 Å². The van der Waals surface area contributed by atoms with Gasteiger partial charge in [-0.05, 0) is 25.7 Å². The second-order valence-electron chi connectivity index (χ2n) is 4.13. The molecular formula is C10H18N2O3. The Labute approximate surface area is 89.4 Å². The molecule has 0 spiro atoms. The maximum atomic E-state index is 11.6. The third kappa shape index (κ3) is 3.42. The van der Waals surface area contributed by atoms with Crippen molar-refractivity contribution >= 4 is 12.0 Å². The quantitative estimate of drug-likeness (QED) is 0.730. The third-order valence-corrected chi connectivity index (χ3v) is 2.70. The Morgan fingerprint density at radius 2 is 2.07 bits per heavy atom. The van der Waals surface area contributed by atoms with Gasteiger partial charge in [-0.25, -0.2) is 4.79 Å². The zero-order valence-corrected chi connectivity index (χ0v) is 9.19. The molecular weight excluding hydrogens is 196 g/mol. The van der Waals surface area contributed by atoms with E-state index < -0.39 is 5.97 Å². The van der Waals surface area contributed by atoms with Gasteiger partial charge in [0.1, 0.15) is 6.54 Å². The van der Waals surface area contributed by atoms with Gasteiger partial charge in [0, 0.05) is 12.6 Å². The Hall–Kier alpha value is -1.26. The van der Waals surface area contributed by atoms with Crippen LogP contribution in [0.3, 0.4) is 0 Å². The van der Waals surface area contributed by atoms with Gasteiger partial charge in [-0.3, -0.25) is 4.79 Å². The minimum atomic E-state index is -0.978. The fraction of sp³-hybridized carbons (Fsp3) is 0.800. The molecule has 0 aromatic heterocycles. The maximum Gasteiger partial charge on any atom is 0.323 e. The van der Waals surface area contributed by atoms with Gasteiger partial charge in [-0.1, -0.05) is 6.92 Å². The average molecular weight is 214 g/mol. The summed E-state index contributed by atoms with van der Waals surface area (Å²) in [6.07, 6.45) is 1.99. The summed E-state index contributed by atoms with van der Waals surface area (Å²) in [6, 6.07) is -0.0351. The molecule has 2 amide bonds. The van der Waals surface area contributed by atoms with E-state index in [9.17, 15) is 9.59 Å². The smallest absolute Gasteiger partial charge is 0.323 e. The summed E-state index contributed by atoms with van der Waals surface area (Å²) in [4.78, 5) is 23.3. The van der Waals surface area contributed by atoms with Crippen LogP contribution in [-0.2, 0) is 4.79 Å². The van der Waals surface area contributed by atoms with Crippen molar-refractivity contribution in [3.8, 4) is 0 Å². The molecule has 5 nitrogen and oxygen atoms in total. The van der Waals surface area contributed by atoms with Crippen molar-refractivity contribution in [1.82, 2.24) is 10.2 Å². The highest BCUT2D eigenvalue weighted by Crippen LogP contribution is 2.26. The number of hydrogen-bond acceptors (Lipinski definition) is 2. The number of carboxylic acids is 1. The van der Waals surface area contributed by atoms with E-state index in [0.29, 0.717) is 12.5 Å². The topological polar surface area (TPSA) is 69.6 Å². The lowest BCUT2D eigenvalue weighted by Gasteiger charge is -2.34. The molecule has 0 aromatic rings. The summed E-state index contributed by atoms with van der Waals surface area (Å²) >= 11 is 0. The molecule has 1 saturated carbocycles. The monoisotopic (exact) mass is 214 g/mol. The minimum absolute atomic E-state index is 0.232. The first-order valence-corrected chi connectivity index (χ1v) is 5.30. The first-order chi connectivity index (χ1) is 7.02. The summed E-state index contributed by atoms with van der Waals surface area (Å²) in [6.45, 7) is 4.09. The molecule has 1 fully saturated rings. The predicted molar refractivity (Wildman–Crippen MR) is 55.6 cm³/mol. The molecule has 5 heteroatoms. The Morgan fingerprint density at radius 1 is 1.47 bits per heavy atom. The molecule has 0 radical (unpaired) electrons. The van der Waals surface area contributed by atoms with Crippen molar-refractivity contribution < 1.29 is 14.7 Å². The summed E-state index contributed by atoms with van der Waals surface area (Å²) in [5.74, 6) is -0.307. The molecule has 15 heavy (non-hydrogen) atoms. The molecule has 1 aliphatic carbocycles. The molecule has 1 rings (SSSR count). The van der Waals surface area contributed by atoms with Crippen molar-refractivity contribution in [2.24, 2.45) is 5.92 Å². The van der Waals surface area contributed by atoms with Crippen LogP contribution in [0.5, 0.6) is 0 Å². The van der Waals surface area contributed by atoms with Crippen LogP contribution in [0.25, 0.3) is 0 Å². The molecule has 2 N–H and O–H groups in total. The highest BCUT2D eigenvalue weighted by Gasteiger charge is 2.28. The molecule has 1 aliphatic rings. The molecule has 0 aromatic carbocycles. The number of nitrogens with zero attached hydrogens (tertiary/aromatic N) is 1. The number of rotatable bonds is 4. The lowest BCUT2D eigenvalue weighted by Crippen LogP contribution is -2.50. The lowest BCUT2D eigenvalue weighted by atomic mass is 9.82. The van der Waals surface area contributed by atoms with E-state index in [1.54, 1.807) is 6.92 Å². The zero-order chi connectivity index (χ0) is 11.4. The molecule has 0 bridgehead atoms. The Morgan fingerprint density at radius 3 is 2.47 bits per heavy atom. The molecule has 0 aliphatic heterocycles. The van der Waals surface area contributed by atoms with E-state index in [0.717, 1.165) is 12.8 Å². The second-order valence-corrected chi connectivity index (χ2v) is 4.13. The van der Waals surface area contributed by atoms with E-state index in [2.05, 4.69) is 12.2 Å². The second kappa shape index (κ2) is 5.00. The Bertz CT molecular complexity index is 249. The number of likely N-dealkylation sites (N-methyl/N-ethyl adjacent to an activating group) is 1. The third-order valence-electron chi connectivity index (χ3n) is 2.70. The van der Waals surface area contributed by atoms with Crippen LogP contribution in [0.1, 0.15) is 26.7 Å². The average Bonchev–Trinajstić information content (AvgIpc) is 2.11. The fourth-order valence-corrected chi connectivity index (χ4v) is 1.78. The van der Waals surface area contributed by atoms with Crippen molar-refractivity contribution in [3.63, 3.8) is 0 Å². The lowest BCUT2D eigenvalue weighted by molar-refractivity contribution is -0.137. The summed E-state index contributed by atoms with van der Waals surface area (Å²) in [5, 5.41) is 11.4. The van der Waals surface area contributed by atoms with Crippen molar-refractivity contribution in [3.05, 3.63) is 0 Å². The number of urea groups is 1. The van der Waals surface area contributed by atoms with E-state index >= 15 is 0 Å². The van der Waals surface area contributed by atoms with Crippen LogP contribution >= 0.6 is 0 Å².